The number of aliphatic imine (C=N–C) groups is 1. The molecule has 0 spiro atoms. The van der Waals surface area contributed by atoms with E-state index in [1.807, 2.05) is 35.5 Å². The van der Waals surface area contributed by atoms with E-state index < -0.39 is 0 Å². The molecular formula is C18H24FIN4OS. The number of thiophene rings is 1. The standard InChI is InChI=1S/C18H23FN4OS.HI/c1-22(2)17(24)12-21-18(20-11-16-8-5-9-25-16)23(3)13-14-6-4-7-15(19)10-14;/h4-10H,11-13H2,1-3H3,(H,20,21);1H. The highest BCUT2D eigenvalue weighted by Gasteiger charge is 2.10. The van der Waals surface area contributed by atoms with Crippen LogP contribution < -0.4 is 5.32 Å². The number of likely N-dealkylation sites (N-methyl/N-ethyl adjacent to an activating group) is 1. The van der Waals surface area contributed by atoms with Gasteiger partial charge in [0.2, 0.25) is 5.91 Å². The van der Waals surface area contributed by atoms with Crippen molar-refractivity contribution >= 4 is 47.2 Å². The summed E-state index contributed by atoms with van der Waals surface area (Å²) in [7, 11) is 5.27. The molecule has 8 heteroatoms. The van der Waals surface area contributed by atoms with E-state index in [1.165, 1.54) is 21.9 Å². The van der Waals surface area contributed by atoms with Crippen LogP contribution in [0.5, 0.6) is 0 Å². The number of hydrogen-bond acceptors (Lipinski definition) is 3. The van der Waals surface area contributed by atoms with E-state index in [4.69, 9.17) is 0 Å². The highest BCUT2D eigenvalue weighted by Crippen LogP contribution is 2.09. The van der Waals surface area contributed by atoms with Crippen molar-refractivity contribution in [1.29, 1.82) is 0 Å². The van der Waals surface area contributed by atoms with Gasteiger partial charge in [0.1, 0.15) is 12.4 Å². The Morgan fingerprint density at radius 1 is 1.23 bits per heavy atom. The molecule has 1 aromatic carbocycles. The highest BCUT2D eigenvalue weighted by molar-refractivity contribution is 14.0. The molecule has 1 heterocycles. The Morgan fingerprint density at radius 3 is 2.62 bits per heavy atom. The van der Waals surface area contributed by atoms with E-state index in [-0.39, 0.29) is 42.2 Å². The van der Waals surface area contributed by atoms with E-state index in [1.54, 1.807) is 31.5 Å². The Hall–Kier alpha value is -1.68. The van der Waals surface area contributed by atoms with Gasteiger partial charge in [0.25, 0.3) is 0 Å². The van der Waals surface area contributed by atoms with Crippen molar-refractivity contribution in [3.63, 3.8) is 0 Å². The summed E-state index contributed by atoms with van der Waals surface area (Å²) in [4.78, 5) is 20.8. The first-order valence-electron chi connectivity index (χ1n) is 7.92. The first-order chi connectivity index (χ1) is 12.0. The third-order valence-electron chi connectivity index (χ3n) is 3.53. The summed E-state index contributed by atoms with van der Waals surface area (Å²) in [5.74, 6) is 0.265. The molecule has 26 heavy (non-hydrogen) atoms. The third-order valence-corrected chi connectivity index (χ3v) is 4.41. The number of halogens is 2. The van der Waals surface area contributed by atoms with Crippen LogP contribution in [0.15, 0.2) is 46.8 Å². The number of guanidine groups is 1. The minimum Gasteiger partial charge on any atom is -0.351 e. The fourth-order valence-corrected chi connectivity index (χ4v) is 2.80. The van der Waals surface area contributed by atoms with Gasteiger partial charge in [0.05, 0.1) is 6.54 Å². The molecule has 0 aliphatic carbocycles. The quantitative estimate of drug-likeness (QED) is 0.385. The van der Waals surface area contributed by atoms with E-state index in [0.717, 1.165) is 5.56 Å². The van der Waals surface area contributed by atoms with Gasteiger partial charge in [0, 0.05) is 32.6 Å². The molecule has 1 N–H and O–H groups in total. The van der Waals surface area contributed by atoms with Crippen molar-refractivity contribution < 1.29 is 9.18 Å². The zero-order valence-corrected chi connectivity index (χ0v) is 18.3. The molecule has 0 saturated carbocycles. The average molecular weight is 490 g/mol. The highest BCUT2D eigenvalue weighted by atomic mass is 127. The molecule has 142 valence electrons. The molecule has 0 aliphatic rings. The zero-order valence-electron chi connectivity index (χ0n) is 15.1. The van der Waals surface area contributed by atoms with Crippen LogP contribution in [0.4, 0.5) is 4.39 Å². The Bertz CT molecular complexity index is 722. The second-order valence-corrected chi connectivity index (χ2v) is 6.88. The lowest BCUT2D eigenvalue weighted by Crippen LogP contribution is -2.39. The van der Waals surface area contributed by atoms with Gasteiger partial charge in [-0.3, -0.25) is 4.79 Å². The molecule has 0 radical (unpaired) electrons. The molecule has 0 unspecified atom stereocenters. The fraction of sp³-hybridized carbons (Fsp3) is 0.333. The predicted molar refractivity (Wildman–Crippen MR) is 115 cm³/mol. The van der Waals surface area contributed by atoms with Gasteiger partial charge in [-0.2, -0.15) is 0 Å². The number of carbonyl (C=O) groups excluding carboxylic acids is 1. The first-order valence-corrected chi connectivity index (χ1v) is 8.80. The molecule has 0 bridgehead atoms. The summed E-state index contributed by atoms with van der Waals surface area (Å²) >= 11 is 1.65. The molecule has 0 fully saturated rings. The Kier molecular flexibility index (Phi) is 9.57. The third kappa shape index (κ3) is 7.28. The number of nitrogens with one attached hydrogen (secondary N) is 1. The normalized spacial score (nSPS) is 10.8. The number of benzene rings is 1. The molecule has 5 nitrogen and oxygen atoms in total. The Labute approximate surface area is 174 Å². The minimum atomic E-state index is -0.265. The molecule has 1 amide bonds. The summed E-state index contributed by atoms with van der Waals surface area (Å²) in [5, 5.41) is 5.29. The van der Waals surface area contributed by atoms with Crippen LogP contribution in [0.1, 0.15) is 10.4 Å². The van der Waals surface area contributed by atoms with Crippen molar-refractivity contribution in [1.82, 2.24) is 15.1 Å². The minimum absolute atomic E-state index is 0. The van der Waals surface area contributed by atoms with Gasteiger partial charge in [-0.1, -0.05) is 18.2 Å². The molecule has 2 rings (SSSR count). The second-order valence-electron chi connectivity index (χ2n) is 5.85. The van der Waals surface area contributed by atoms with Gasteiger partial charge in [0.15, 0.2) is 5.96 Å². The maximum absolute atomic E-state index is 13.4. The lowest BCUT2D eigenvalue weighted by Gasteiger charge is -2.23. The van der Waals surface area contributed by atoms with Gasteiger partial charge in [-0.15, -0.1) is 35.3 Å². The maximum atomic E-state index is 13.4. The van der Waals surface area contributed by atoms with Gasteiger partial charge >= 0.3 is 0 Å². The summed E-state index contributed by atoms with van der Waals surface area (Å²) < 4.78 is 13.4. The number of hydrogen-bond donors (Lipinski definition) is 1. The molecule has 2 aromatic rings. The Morgan fingerprint density at radius 2 is 2.00 bits per heavy atom. The van der Waals surface area contributed by atoms with E-state index in [9.17, 15) is 9.18 Å². The summed E-state index contributed by atoms with van der Waals surface area (Å²) in [6.45, 7) is 1.18. The van der Waals surface area contributed by atoms with Gasteiger partial charge in [-0.25, -0.2) is 9.38 Å². The van der Waals surface area contributed by atoms with Crippen LogP contribution in [-0.4, -0.2) is 49.4 Å². The number of carbonyl (C=O) groups is 1. The number of amides is 1. The average Bonchev–Trinajstić information content (AvgIpc) is 3.07. The summed E-state index contributed by atoms with van der Waals surface area (Å²) in [6, 6.07) is 10.5. The molecule has 0 aliphatic heterocycles. The van der Waals surface area contributed by atoms with E-state index in [2.05, 4.69) is 10.3 Å². The van der Waals surface area contributed by atoms with Crippen LogP contribution in [0.2, 0.25) is 0 Å². The van der Waals surface area contributed by atoms with Crippen molar-refractivity contribution in [3.8, 4) is 0 Å². The first kappa shape index (κ1) is 22.4. The molecular weight excluding hydrogens is 466 g/mol. The van der Waals surface area contributed by atoms with Crippen LogP contribution in [-0.2, 0) is 17.9 Å². The van der Waals surface area contributed by atoms with Crippen molar-refractivity contribution in [2.24, 2.45) is 4.99 Å². The van der Waals surface area contributed by atoms with E-state index in [0.29, 0.717) is 19.0 Å². The summed E-state index contributed by atoms with van der Waals surface area (Å²) in [5.41, 5.74) is 0.840. The monoisotopic (exact) mass is 490 g/mol. The second kappa shape index (κ2) is 11.1. The molecule has 0 atom stereocenters. The SMILES string of the molecule is CN(C)C(=O)CN=C(NCc1cccs1)N(C)Cc1cccc(F)c1.I. The topological polar surface area (TPSA) is 47.9 Å². The van der Waals surface area contributed by atoms with Gasteiger partial charge in [-0.05, 0) is 29.1 Å². The zero-order chi connectivity index (χ0) is 18.2. The van der Waals surface area contributed by atoms with E-state index >= 15 is 0 Å². The van der Waals surface area contributed by atoms with Crippen LogP contribution in [0.25, 0.3) is 0 Å². The molecule has 0 saturated heterocycles. The maximum Gasteiger partial charge on any atom is 0.243 e. The smallest absolute Gasteiger partial charge is 0.243 e. The number of nitrogens with zero attached hydrogens (tertiary/aromatic N) is 3. The lowest BCUT2D eigenvalue weighted by atomic mass is 10.2. The van der Waals surface area contributed by atoms with Crippen LogP contribution >= 0.6 is 35.3 Å². The van der Waals surface area contributed by atoms with Crippen molar-refractivity contribution in [2.45, 2.75) is 13.1 Å². The Balaban J connectivity index is 0.00000338. The van der Waals surface area contributed by atoms with Crippen LogP contribution in [0, 0.1) is 5.82 Å². The number of rotatable bonds is 6. The predicted octanol–water partition coefficient (Wildman–Crippen LogP) is 3.17. The van der Waals surface area contributed by atoms with Crippen molar-refractivity contribution in [3.05, 3.63) is 58.0 Å². The largest absolute Gasteiger partial charge is 0.351 e. The van der Waals surface area contributed by atoms with Gasteiger partial charge < -0.3 is 15.1 Å². The fourth-order valence-electron chi connectivity index (χ4n) is 2.16. The van der Waals surface area contributed by atoms with Crippen molar-refractivity contribution in [2.75, 3.05) is 27.7 Å². The summed E-state index contributed by atoms with van der Waals surface area (Å²) in [6.07, 6.45) is 0. The lowest BCUT2D eigenvalue weighted by molar-refractivity contribution is -0.127. The van der Waals surface area contributed by atoms with Crippen LogP contribution in [0.3, 0.4) is 0 Å². The molecule has 1 aromatic heterocycles.